The van der Waals surface area contributed by atoms with E-state index in [0.29, 0.717) is 30.0 Å². The lowest BCUT2D eigenvalue weighted by molar-refractivity contribution is -0.166. The fraction of sp³-hybridized carbons (Fsp3) is 0.957. The van der Waals surface area contributed by atoms with Crippen LogP contribution in [0.1, 0.15) is 72.1 Å². The SMILES string of the molecule is CC(CO)(CO)[C@H]1CC[C@H]2[C@@H]3CC[C@@H]4C[C@H](O)CC[C@]4(C)[C@H]3C(=O)C[C@]12C. The first-order valence-electron chi connectivity index (χ1n) is 11.1. The van der Waals surface area contributed by atoms with Crippen LogP contribution in [0.5, 0.6) is 0 Å². The predicted molar refractivity (Wildman–Crippen MR) is 104 cm³/mol. The number of hydrogen-bond donors (Lipinski definition) is 3. The van der Waals surface area contributed by atoms with Crippen LogP contribution in [-0.2, 0) is 4.79 Å². The highest BCUT2D eigenvalue weighted by Gasteiger charge is 2.65. The van der Waals surface area contributed by atoms with Gasteiger partial charge in [0.25, 0.3) is 0 Å². The van der Waals surface area contributed by atoms with E-state index < -0.39 is 5.41 Å². The van der Waals surface area contributed by atoms with Crippen LogP contribution in [0.2, 0.25) is 0 Å². The monoisotopic (exact) mass is 378 g/mol. The molecule has 0 amide bonds. The third-order valence-corrected chi connectivity index (χ3v) is 9.88. The van der Waals surface area contributed by atoms with E-state index in [1.165, 1.54) is 0 Å². The smallest absolute Gasteiger partial charge is 0.137 e. The van der Waals surface area contributed by atoms with E-state index in [1.807, 2.05) is 6.92 Å². The Kier molecular flexibility index (Phi) is 4.80. The van der Waals surface area contributed by atoms with E-state index in [4.69, 9.17) is 0 Å². The molecule has 27 heavy (non-hydrogen) atoms. The quantitative estimate of drug-likeness (QED) is 0.705. The number of Topliss-reactive ketones (excluding diaryl/α,β-unsaturated/α-hetero) is 1. The lowest BCUT2D eigenvalue weighted by Crippen LogP contribution is -2.58. The van der Waals surface area contributed by atoms with Gasteiger partial charge in [-0.25, -0.2) is 0 Å². The molecule has 0 aromatic rings. The third kappa shape index (κ3) is 2.69. The van der Waals surface area contributed by atoms with Gasteiger partial charge in [0.05, 0.1) is 19.3 Å². The molecular formula is C23H38O4. The molecule has 4 saturated carbocycles. The van der Waals surface area contributed by atoms with Crippen molar-refractivity contribution < 1.29 is 20.1 Å². The molecule has 154 valence electrons. The molecule has 4 fully saturated rings. The summed E-state index contributed by atoms with van der Waals surface area (Å²) in [7, 11) is 0. The second kappa shape index (κ2) is 6.53. The summed E-state index contributed by atoms with van der Waals surface area (Å²) in [6.07, 6.45) is 7.46. The van der Waals surface area contributed by atoms with Crippen LogP contribution in [0.25, 0.3) is 0 Å². The zero-order chi connectivity index (χ0) is 19.6. The molecule has 0 saturated heterocycles. The minimum Gasteiger partial charge on any atom is -0.396 e. The number of aliphatic hydroxyl groups is 3. The van der Waals surface area contributed by atoms with Crippen molar-refractivity contribution >= 4 is 5.78 Å². The summed E-state index contributed by atoms with van der Waals surface area (Å²) >= 11 is 0. The van der Waals surface area contributed by atoms with Crippen LogP contribution < -0.4 is 0 Å². The van der Waals surface area contributed by atoms with Gasteiger partial charge in [-0.2, -0.15) is 0 Å². The summed E-state index contributed by atoms with van der Waals surface area (Å²) in [5.41, 5.74) is -0.557. The number of aliphatic hydroxyl groups excluding tert-OH is 3. The largest absolute Gasteiger partial charge is 0.396 e. The van der Waals surface area contributed by atoms with Crippen molar-refractivity contribution in [1.29, 1.82) is 0 Å². The maximum atomic E-state index is 13.6. The van der Waals surface area contributed by atoms with E-state index >= 15 is 0 Å². The van der Waals surface area contributed by atoms with E-state index in [0.717, 1.165) is 44.9 Å². The van der Waals surface area contributed by atoms with Crippen LogP contribution >= 0.6 is 0 Å². The lowest BCUT2D eigenvalue weighted by Gasteiger charge is -2.60. The molecule has 0 heterocycles. The highest BCUT2D eigenvalue weighted by atomic mass is 16.3. The van der Waals surface area contributed by atoms with Crippen LogP contribution in [-0.4, -0.2) is 40.4 Å². The van der Waals surface area contributed by atoms with E-state index in [1.54, 1.807) is 0 Å². The molecule has 8 atom stereocenters. The minimum atomic E-state index is -0.507. The third-order valence-electron chi connectivity index (χ3n) is 9.88. The van der Waals surface area contributed by atoms with Crippen molar-refractivity contribution in [2.45, 2.75) is 78.2 Å². The number of carbonyl (C=O) groups excluding carboxylic acids is 1. The fourth-order valence-electron chi connectivity index (χ4n) is 8.47. The summed E-state index contributed by atoms with van der Waals surface area (Å²) in [6, 6.07) is 0. The van der Waals surface area contributed by atoms with Gasteiger partial charge < -0.3 is 15.3 Å². The summed E-state index contributed by atoms with van der Waals surface area (Å²) < 4.78 is 0. The van der Waals surface area contributed by atoms with Crippen molar-refractivity contribution in [2.24, 2.45) is 45.8 Å². The first kappa shape index (κ1) is 19.8. The van der Waals surface area contributed by atoms with Gasteiger partial charge in [-0.1, -0.05) is 20.8 Å². The number of rotatable bonds is 3. The predicted octanol–water partition coefficient (Wildman–Crippen LogP) is 3.18. The molecule has 0 aromatic heterocycles. The van der Waals surface area contributed by atoms with Gasteiger partial charge in [0.1, 0.15) is 5.78 Å². The Morgan fingerprint density at radius 3 is 2.41 bits per heavy atom. The minimum absolute atomic E-state index is 0.0174. The normalized spacial score (nSPS) is 50.1. The van der Waals surface area contributed by atoms with E-state index in [-0.39, 0.29) is 42.0 Å². The van der Waals surface area contributed by atoms with Gasteiger partial charge in [-0.3, -0.25) is 4.79 Å². The average molecular weight is 379 g/mol. The zero-order valence-electron chi connectivity index (χ0n) is 17.3. The van der Waals surface area contributed by atoms with Crippen molar-refractivity contribution in [3.05, 3.63) is 0 Å². The molecule has 3 N–H and O–H groups in total. The molecule has 4 aliphatic rings. The summed E-state index contributed by atoms with van der Waals surface area (Å²) in [4.78, 5) is 13.6. The standard InChI is InChI=1S/C23H38O4/c1-21(12-24,13-25)19-7-6-17-16-5-4-14-10-15(26)8-9-22(14,2)20(16)18(27)11-23(17,19)3/h14-17,19-20,24-26H,4-13H2,1-3H3/t14-,15-,16+,17+,19-,20-,22+,23+/m1/s1. The van der Waals surface area contributed by atoms with E-state index in [2.05, 4.69) is 13.8 Å². The van der Waals surface area contributed by atoms with Crippen LogP contribution in [0, 0.1) is 45.8 Å². The summed E-state index contributed by atoms with van der Waals surface area (Å²) in [5, 5.41) is 30.2. The topological polar surface area (TPSA) is 77.8 Å². The Morgan fingerprint density at radius 2 is 1.74 bits per heavy atom. The Hall–Kier alpha value is -0.450. The maximum Gasteiger partial charge on any atom is 0.137 e. The van der Waals surface area contributed by atoms with Crippen LogP contribution in [0.15, 0.2) is 0 Å². The summed E-state index contributed by atoms with van der Waals surface area (Å²) in [5.74, 6) is 2.22. The van der Waals surface area contributed by atoms with Gasteiger partial charge in [0, 0.05) is 17.8 Å². The van der Waals surface area contributed by atoms with Gasteiger partial charge in [0.15, 0.2) is 0 Å². The molecule has 4 heteroatoms. The zero-order valence-corrected chi connectivity index (χ0v) is 17.3. The van der Waals surface area contributed by atoms with Gasteiger partial charge in [-0.05, 0) is 79.4 Å². The van der Waals surface area contributed by atoms with Crippen molar-refractivity contribution in [3.8, 4) is 0 Å². The van der Waals surface area contributed by atoms with Crippen LogP contribution in [0.3, 0.4) is 0 Å². The molecule has 0 aromatic carbocycles. The Labute approximate surface area is 163 Å². The molecule has 0 bridgehead atoms. The number of carbonyl (C=O) groups is 1. The average Bonchev–Trinajstić information content (AvgIpc) is 2.98. The molecule has 0 unspecified atom stereocenters. The highest BCUT2D eigenvalue weighted by Crippen LogP contribution is 2.68. The Bertz CT molecular complexity index is 599. The highest BCUT2D eigenvalue weighted by molar-refractivity contribution is 5.84. The van der Waals surface area contributed by atoms with Crippen molar-refractivity contribution in [3.63, 3.8) is 0 Å². The number of ketones is 1. The fourth-order valence-corrected chi connectivity index (χ4v) is 8.47. The molecule has 4 rings (SSSR count). The second-order valence-corrected chi connectivity index (χ2v) is 11.2. The first-order chi connectivity index (χ1) is 12.7. The number of fused-ring (bicyclic) bond motifs is 5. The Morgan fingerprint density at radius 1 is 1.04 bits per heavy atom. The van der Waals surface area contributed by atoms with Crippen molar-refractivity contribution in [2.75, 3.05) is 13.2 Å². The van der Waals surface area contributed by atoms with E-state index in [9.17, 15) is 20.1 Å². The first-order valence-corrected chi connectivity index (χ1v) is 11.1. The molecule has 4 aliphatic carbocycles. The lowest BCUT2D eigenvalue weighted by atomic mass is 9.43. The summed E-state index contributed by atoms with van der Waals surface area (Å²) in [6.45, 7) is 6.56. The van der Waals surface area contributed by atoms with Gasteiger partial charge in [0.2, 0.25) is 0 Å². The molecule has 4 nitrogen and oxygen atoms in total. The van der Waals surface area contributed by atoms with Crippen LogP contribution in [0.4, 0.5) is 0 Å². The maximum absolute atomic E-state index is 13.6. The Balaban J connectivity index is 1.67. The molecule has 0 radical (unpaired) electrons. The van der Waals surface area contributed by atoms with Gasteiger partial charge >= 0.3 is 0 Å². The second-order valence-electron chi connectivity index (χ2n) is 11.2. The molecular weight excluding hydrogens is 340 g/mol. The van der Waals surface area contributed by atoms with Gasteiger partial charge in [-0.15, -0.1) is 0 Å². The van der Waals surface area contributed by atoms with Crippen molar-refractivity contribution in [1.82, 2.24) is 0 Å². The molecule has 0 spiro atoms. The molecule has 0 aliphatic heterocycles. The number of hydrogen-bond acceptors (Lipinski definition) is 4.